The first-order valence-electron chi connectivity index (χ1n) is 3.44. The molecule has 0 radical (unpaired) electrons. The van der Waals surface area contributed by atoms with Crippen molar-refractivity contribution < 1.29 is 9.90 Å². The quantitative estimate of drug-likeness (QED) is 0.667. The van der Waals surface area contributed by atoms with Crippen molar-refractivity contribution in [3.05, 3.63) is 17.0 Å². The highest BCUT2D eigenvalue weighted by molar-refractivity contribution is 5.87. The molecule has 11 heavy (non-hydrogen) atoms. The van der Waals surface area contributed by atoms with E-state index in [0.717, 1.165) is 11.3 Å². The van der Waals surface area contributed by atoms with Gasteiger partial charge in [-0.3, -0.25) is 5.10 Å². The first-order chi connectivity index (χ1) is 5.16. The third-order valence-electron chi connectivity index (χ3n) is 1.64. The molecule has 1 heterocycles. The van der Waals surface area contributed by atoms with Crippen LogP contribution in [0.25, 0.3) is 0 Å². The molecule has 0 aliphatic heterocycles. The van der Waals surface area contributed by atoms with Gasteiger partial charge in [-0.05, 0) is 13.3 Å². The van der Waals surface area contributed by atoms with Crippen LogP contribution in [-0.2, 0) is 6.42 Å². The average molecular weight is 154 g/mol. The van der Waals surface area contributed by atoms with Gasteiger partial charge >= 0.3 is 5.97 Å². The molecule has 2 N–H and O–H groups in total. The fourth-order valence-corrected chi connectivity index (χ4v) is 1.07. The normalized spacial score (nSPS) is 10.0. The number of carbonyl (C=O) groups is 1. The molecule has 4 nitrogen and oxygen atoms in total. The fourth-order valence-electron chi connectivity index (χ4n) is 1.07. The third-order valence-corrected chi connectivity index (χ3v) is 1.64. The van der Waals surface area contributed by atoms with E-state index < -0.39 is 5.97 Å². The van der Waals surface area contributed by atoms with Gasteiger partial charge in [0.15, 0.2) is 0 Å². The Bertz CT molecular complexity index is 278. The Hall–Kier alpha value is -1.32. The number of hydrogen-bond donors (Lipinski definition) is 2. The Morgan fingerprint density at radius 2 is 2.36 bits per heavy atom. The van der Waals surface area contributed by atoms with Gasteiger partial charge in [0.1, 0.15) is 5.69 Å². The van der Waals surface area contributed by atoms with E-state index in [-0.39, 0.29) is 5.69 Å². The summed E-state index contributed by atoms with van der Waals surface area (Å²) in [4.78, 5) is 10.5. The van der Waals surface area contributed by atoms with E-state index in [1.165, 1.54) is 0 Å². The van der Waals surface area contributed by atoms with E-state index in [4.69, 9.17) is 5.11 Å². The van der Waals surface area contributed by atoms with Crippen LogP contribution >= 0.6 is 0 Å². The Balaban J connectivity index is 3.15. The lowest BCUT2D eigenvalue weighted by molar-refractivity contribution is 0.0689. The van der Waals surface area contributed by atoms with Gasteiger partial charge in [-0.25, -0.2) is 4.79 Å². The Morgan fingerprint density at radius 1 is 1.73 bits per heavy atom. The molecule has 0 saturated heterocycles. The predicted octanol–water partition coefficient (Wildman–Crippen LogP) is 0.979. The maximum Gasteiger partial charge on any atom is 0.354 e. The molecule has 0 atom stereocenters. The van der Waals surface area contributed by atoms with Gasteiger partial charge in [0, 0.05) is 5.56 Å². The molecule has 0 aromatic carbocycles. The largest absolute Gasteiger partial charge is 0.477 e. The average Bonchev–Trinajstić information content (AvgIpc) is 2.30. The van der Waals surface area contributed by atoms with Crippen molar-refractivity contribution in [1.29, 1.82) is 0 Å². The van der Waals surface area contributed by atoms with Gasteiger partial charge < -0.3 is 5.11 Å². The summed E-state index contributed by atoms with van der Waals surface area (Å²) in [6.45, 7) is 3.70. The number of nitrogens with zero attached hydrogens (tertiary/aromatic N) is 1. The molecule has 60 valence electrons. The summed E-state index contributed by atoms with van der Waals surface area (Å²) in [5.41, 5.74) is 1.77. The first kappa shape index (κ1) is 7.78. The van der Waals surface area contributed by atoms with Crippen LogP contribution in [0.2, 0.25) is 0 Å². The second-order valence-corrected chi connectivity index (χ2v) is 2.32. The molecular weight excluding hydrogens is 144 g/mol. The van der Waals surface area contributed by atoms with Gasteiger partial charge in [-0.2, -0.15) is 5.10 Å². The van der Waals surface area contributed by atoms with Gasteiger partial charge in [0.2, 0.25) is 0 Å². The van der Waals surface area contributed by atoms with E-state index >= 15 is 0 Å². The summed E-state index contributed by atoms with van der Waals surface area (Å²) < 4.78 is 0. The summed E-state index contributed by atoms with van der Waals surface area (Å²) in [7, 11) is 0. The number of H-pyrrole nitrogens is 1. The molecule has 0 aliphatic carbocycles. The molecule has 0 spiro atoms. The van der Waals surface area contributed by atoms with Crippen molar-refractivity contribution in [1.82, 2.24) is 10.2 Å². The molecule has 1 rings (SSSR count). The molecule has 0 unspecified atom stereocenters. The zero-order valence-corrected chi connectivity index (χ0v) is 6.51. The molecule has 1 aromatic rings. The van der Waals surface area contributed by atoms with Crippen molar-refractivity contribution in [3.63, 3.8) is 0 Å². The van der Waals surface area contributed by atoms with Crippen molar-refractivity contribution in [2.45, 2.75) is 20.3 Å². The topological polar surface area (TPSA) is 66.0 Å². The monoisotopic (exact) mass is 154 g/mol. The van der Waals surface area contributed by atoms with E-state index in [9.17, 15) is 4.79 Å². The van der Waals surface area contributed by atoms with E-state index in [0.29, 0.717) is 6.42 Å². The second kappa shape index (κ2) is 2.74. The number of nitrogens with one attached hydrogen (secondary N) is 1. The van der Waals surface area contributed by atoms with Crippen LogP contribution in [0, 0.1) is 6.92 Å². The minimum absolute atomic E-state index is 0.213. The maximum atomic E-state index is 10.5. The van der Waals surface area contributed by atoms with E-state index in [1.807, 2.05) is 6.92 Å². The smallest absolute Gasteiger partial charge is 0.354 e. The highest BCUT2D eigenvalue weighted by atomic mass is 16.4. The zero-order valence-electron chi connectivity index (χ0n) is 6.51. The second-order valence-electron chi connectivity index (χ2n) is 2.32. The molecular formula is C7H10N2O2. The Labute approximate surface area is 64.2 Å². The van der Waals surface area contributed by atoms with Gasteiger partial charge in [-0.15, -0.1) is 0 Å². The molecule has 4 heteroatoms. The minimum atomic E-state index is -0.942. The summed E-state index contributed by atoms with van der Waals surface area (Å²) in [6.07, 6.45) is 0.698. The first-order valence-corrected chi connectivity index (χ1v) is 3.44. The van der Waals surface area contributed by atoms with Crippen LogP contribution in [-0.4, -0.2) is 21.3 Å². The van der Waals surface area contributed by atoms with Crippen LogP contribution in [0.4, 0.5) is 0 Å². The maximum absolute atomic E-state index is 10.5. The number of aromatic carboxylic acids is 1. The standard InChI is InChI=1S/C7H10N2O2/c1-3-5-4(2)8-9-6(5)7(10)11/h3H2,1-2H3,(H,8,9)(H,10,11). The Kier molecular flexibility index (Phi) is 1.94. The third kappa shape index (κ3) is 1.24. The number of rotatable bonds is 2. The van der Waals surface area contributed by atoms with E-state index in [1.54, 1.807) is 6.92 Å². The Morgan fingerprint density at radius 3 is 2.73 bits per heavy atom. The molecule has 0 amide bonds. The van der Waals surface area contributed by atoms with Gasteiger partial charge in [-0.1, -0.05) is 6.92 Å². The van der Waals surface area contributed by atoms with E-state index in [2.05, 4.69) is 10.2 Å². The van der Waals surface area contributed by atoms with Crippen molar-refractivity contribution in [2.24, 2.45) is 0 Å². The van der Waals surface area contributed by atoms with Crippen LogP contribution in [0.1, 0.15) is 28.7 Å². The SMILES string of the molecule is CCc1c(C)n[nH]c1C(=O)O. The lowest BCUT2D eigenvalue weighted by atomic mass is 10.1. The summed E-state index contributed by atoms with van der Waals surface area (Å²) in [5, 5.41) is 14.9. The molecule has 0 bridgehead atoms. The number of aromatic amines is 1. The predicted molar refractivity (Wildman–Crippen MR) is 39.7 cm³/mol. The highest BCUT2D eigenvalue weighted by Gasteiger charge is 2.13. The van der Waals surface area contributed by atoms with Crippen molar-refractivity contribution >= 4 is 5.97 Å². The number of carboxylic acids is 1. The van der Waals surface area contributed by atoms with Crippen LogP contribution < -0.4 is 0 Å². The fraction of sp³-hybridized carbons (Fsp3) is 0.429. The minimum Gasteiger partial charge on any atom is -0.477 e. The number of hydrogen-bond acceptors (Lipinski definition) is 2. The molecule has 0 saturated carbocycles. The van der Waals surface area contributed by atoms with Crippen LogP contribution in [0.15, 0.2) is 0 Å². The number of aryl methyl sites for hydroxylation is 1. The van der Waals surface area contributed by atoms with Gasteiger partial charge in [0.05, 0.1) is 5.69 Å². The summed E-state index contributed by atoms with van der Waals surface area (Å²) >= 11 is 0. The number of aromatic nitrogens is 2. The zero-order chi connectivity index (χ0) is 8.43. The molecule has 1 aromatic heterocycles. The van der Waals surface area contributed by atoms with Crippen molar-refractivity contribution in [2.75, 3.05) is 0 Å². The molecule has 0 aliphatic rings. The summed E-state index contributed by atoms with van der Waals surface area (Å²) in [6, 6.07) is 0. The number of carboxylic acid groups (broad SMARTS) is 1. The lowest BCUT2D eigenvalue weighted by Gasteiger charge is -1.93. The summed E-state index contributed by atoms with van der Waals surface area (Å²) in [5.74, 6) is -0.942. The molecule has 0 fully saturated rings. The highest BCUT2D eigenvalue weighted by Crippen LogP contribution is 2.10. The van der Waals surface area contributed by atoms with Gasteiger partial charge in [0.25, 0.3) is 0 Å². The lowest BCUT2D eigenvalue weighted by Crippen LogP contribution is -2.00. The van der Waals surface area contributed by atoms with Crippen LogP contribution in [0.5, 0.6) is 0 Å². The van der Waals surface area contributed by atoms with Crippen LogP contribution in [0.3, 0.4) is 0 Å². The van der Waals surface area contributed by atoms with Crippen molar-refractivity contribution in [3.8, 4) is 0 Å².